The molecular formula is C10H18N4O. The van der Waals surface area contributed by atoms with Crippen LogP contribution in [0.4, 0.5) is 0 Å². The van der Waals surface area contributed by atoms with E-state index in [9.17, 15) is 0 Å². The Labute approximate surface area is 89.8 Å². The summed E-state index contributed by atoms with van der Waals surface area (Å²) in [6.45, 7) is 5.52. The van der Waals surface area contributed by atoms with Crippen LogP contribution in [0.3, 0.4) is 0 Å². The molecule has 1 aromatic rings. The standard InChI is InChI=1S/C10H18N4O/c1-2-14-8-12-13-10(14)6-11-9-4-3-5-15-7-9/h8-9,11H,2-7H2,1H3. The van der Waals surface area contributed by atoms with Gasteiger partial charge in [-0.2, -0.15) is 0 Å². The summed E-state index contributed by atoms with van der Waals surface area (Å²) in [6, 6.07) is 0.473. The van der Waals surface area contributed by atoms with Gasteiger partial charge in [0.15, 0.2) is 0 Å². The van der Waals surface area contributed by atoms with Crippen LogP contribution in [0, 0.1) is 0 Å². The third-order valence-corrected chi connectivity index (χ3v) is 2.75. The highest BCUT2D eigenvalue weighted by Crippen LogP contribution is 2.06. The van der Waals surface area contributed by atoms with E-state index in [1.807, 2.05) is 0 Å². The van der Waals surface area contributed by atoms with Crippen molar-refractivity contribution in [2.24, 2.45) is 0 Å². The van der Waals surface area contributed by atoms with Gasteiger partial charge in [-0.05, 0) is 19.8 Å². The van der Waals surface area contributed by atoms with Crippen molar-refractivity contribution in [3.63, 3.8) is 0 Å². The number of hydrogen-bond acceptors (Lipinski definition) is 4. The van der Waals surface area contributed by atoms with Gasteiger partial charge in [0, 0.05) is 19.2 Å². The first kappa shape index (κ1) is 10.6. The maximum absolute atomic E-state index is 5.40. The second-order valence-electron chi connectivity index (χ2n) is 3.83. The molecule has 1 saturated heterocycles. The molecule has 1 aromatic heterocycles. The molecule has 84 valence electrons. The number of nitrogens with zero attached hydrogens (tertiary/aromatic N) is 3. The van der Waals surface area contributed by atoms with Crippen LogP contribution in [0.5, 0.6) is 0 Å². The Bertz CT molecular complexity index is 293. The van der Waals surface area contributed by atoms with Gasteiger partial charge in [0.05, 0.1) is 13.2 Å². The lowest BCUT2D eigenvalue weighted by molar-refractivity contribution is 0.0696. The van der Waals surface area contributed by atoms with E-state index in [-0.39, 0.29) is 0 Å². The Morgan fingerprint density at radius 2 is 2.60 bits per heavy atom. The lowest BCUT2D eigenvalue weighted by atomic mass is 10.1. The Balaban J connectivity index is 1.81. The third kappa shape index (κ3) is 2.76. The average molecular weight is 210 g/mol. The molecule has 1 fully saturated rings. The summed E-state index contributed by atoms with van der Waals surface area (Å²) in [5.74, 6) is 1.00. The summed E-state index contributed by atoms with van der Waals surface area (Å²) in [5.41, 5.74) is 0. The fraction of sp³-hybridized carbons (Fsp3) is 0.800. The van der Waals surface area contributed by atoms with Crippen LogP contribution < -0.4 is 5.32 Å². The zero-order valence-electron chi connectivity index (χ0n) is 9.15. The number of aryl methyl sites for hydroxylation is 1. The highest BCUT2D eigenvalue weighted by molar-refractivity contribution is 4.86. The van der Waals surface area contributed by atoms with E-state index in [0.29, 0.717) is 6.04 Å². The SMILES string of the molecule is CCn1cnnc1CNC1CCCOC1. The van der Waals surface area contributed by atoms with Gasteiger partial charge in [0.2, 0.25) is 0 Å². The van der Waals surface area contributed by atoms with Gasteiger partial charge < -0.3 is 14.6 Å². The highest BCUT2D eigenvalue weighted by atomic mass is 16.5. The van der Waals surface area contributed by atoms with Crippen LogP contribution in [0.1, 0.15) is 25.6 Å². The minimum absolute atomic E-state index is 0.473. The van der Waals surface area contributed by atoms with Crippen LogP contribution in [0.25, 0.3) is 0 Å². The van der Waals surface area contributed by atoms with Crippen LogP contribution >= 0.6 is 0 Å². The van der Waals surface area contributed by atoms with Crippen molar-refractivity contribution in [3.8, 4) is 0 Å². The maximum atomic E-state index is 5.40. The number of hydrogen-bond donors (Lipinski definition) is 1. The predicted octanol–water partition coefficient (Wildman–Crippen LogP) is 0.567. The van der Waals surface area contributed by atoms with Crippen molar-refractivity contribution in [3.05, 3.63) is 12.2 Å². The van der Waals surface area contributed by atoms with Gasteiger partial charge in [0.25, 0.3) is 0 Å². The molecule has 5 nitrogen and oxygen atoms in total. The minimum atomic E-state index is 0.473. The molecule has 2 heterocycles. The molecule has 1 aliphatic rings. The topological polar surface area (TPSA) is 52.0 Å². The molecule has 5 heteroatoms. The second kappa shape index (κ2) is 5.23. The van der Waals surface area contributed by atoms with E-state index >= 15 is 0 Å². The van der Waals surface area contributed by atoms with E-state index in [1.165, 1.54) is 6.42 Å². The van der Waals surface area contributed by atoms with E-state index in [1.54, 1.807) is 6.33 Å². The van der Waals surface area contributed by atoms with Crippen molar-refractivity contribution < 1.29 is 4.74 Å². The largest absolute Gasteiger partial charge is 0.380 e. The molecule has 1 N–H and O–H groups in total. The van der Waals surface area contributed by atoms with Gasteiger partial charge in [-0.25, -0.2) is 0 Å². The van der Waals surface area contributed by atoms with Gasteiger partial charge in [-0.3, -0.25) is 0 Å². The molecule has 15 heavy (non-hydrogen) atoms. The fourth-order valence-electron chi connectivity index (χ4n) is 1.82. The van der Waals surface area contributed by atoms with E-state index in [4.69, 9.17) is 4.74 Å². The zero-order chi connectivity index (χ0) is 10.5. The van der Waals surface area contributed by atoms with Crippen LogP contribution in [0.2, 0.25) is 0 Å². The highest BCUT2D eigenvalue weighted by Gasteiger charge is 2.13. The Morgan fingerprint density at radius 1 is 1.67 bits per heavy atom. The van der Waals surface area contributed by atoms with Crippen molar-refractivity contribution in [2.45, 2.75) is 38.9 Å². The van der Waals surface area contributed by atoms with Crippen LogP contribution in [-0.2, 0) is 17.8 Å². The summed E-state index contributed by atoms with van der Waals surface area (Å²) in [5, 5.41) is 11.4. The fourth-order valence-corrected chi connectivity index (χ4v) is 1.82. The lowest BCUT2D eigenvalue weighted by Gasteiger charge is -2.22. The Morgan fingerprint density at radius 3 is 3.33 bits per heavy atom. The van der Waals surface area contributed by atoms with Crippen LogP contribution in [-0.4, -0.2) is 34.0 Å². The molecule has 0 bridgehead atoms. The maximum Gasteiger partial charge on any atom is 0.146 e. The Kier molecular flexibility index (Phi) is 3.69. The average Bonchev–Trinajstić information content (AvgIpc) is 2.75. The number of ether oxygens (including phenoxy) is 1. The molecule has 1 atom stereocenters. The van der Waals surface area contributed by atoms with Crippen molar-refractivity contribution >= 4 is 0 Å². The number of rotatable bonds is 4. The second-order valence-corrected chi connectivity index (χ2v) is 3.83. The molecule has 0 amide bonds. The number of aromatic nitrogens is 3. The van der Waals surface area contributed by atoms with E-state index in [0.717, 1.165) is 38.5 Å². The molecule has 0 spiro atoms. The predicted molar refractivity (Wildman–Crippen MR) is 56.4 cm³/mol. The van der Waals surface area contributed by atoms with Gasteiger partial charge in [-0.1, -0.05) is 0 Å². The first-order valence-electron chi connectivity index (χ1n) is 5.58. The molecule has 0 aliphatic carbocycles. The Hall–Kier alpha value is -0.940. The summed E-state index contributed by atoms with van der Waals surface area (Å²) >= 11 is 0. The van der Waals surface area contributed by atoms with Crippen LogP contribution in [0.15, 0.2) is 6.33 Å². The molecule has 1 unspecified atom stereocenters. The summed E-state index contributed by atoms with van der Waals surface area (Å²) in [6.07, 6.45) is 4.12. The zero-order valence-corrected chi connectivity index (χ0v) is 9.15. The first-order valence-corrected chi connectivity index (χ1v) is 5.58. The first-order chi connectivity index (χ1) is 7.40. The molecule has 0 saturated carbocycles. The summed E-state index contributed by atoms with van der Waals surface area (Å²) in [4.78, 5) is 0. The molecule has 0 aromatic carbocycles. The van der Waals surface area contributed by atoms with E-state index in [2.05, 4.69) is 27.0 Å². The quantitative estimate of drug-likeness (QED) is 0.789. The molecular weight excluding hydrogens is 192 g/mol. The monoisotopic (exact) mass is 210 g/mol. The van der Waals surface area contributed by atoms with Crippen molar-refractivity contribution in [2.75, 3.05) is 13.2 Å². The normalized spacial score (nSPS) is 21.8. The van der Waals surface area contributed by atoms with Gasteiger partial charge in [-0.15, -0.1) is 10.2 Å². The minimum Gasteiger partial charge on any atom is -0.380 e. The molecule has 2 rings (SSSR count). The molecule has 0 radical (unpaired) electrons. The van der Waals surface area contributed by atoms with Gasteiger partial charge in [0.1, 0.15) is 12.2 Å². The van der Waals surface area contributed by atoms with Gasteiger partial charge >= 0.3 is 0 Å². The van der Waals surface area contributed by atoms with Crippen molar-refractivity contribution in [1.29, 1.82) is 0 Å². The lowest BCUT2D eigenvalue weighted by Crippen LogP contribution is -2.36. The number of nitrogens with one attached hydrogen (secondary N) is 1. The summed E-state index contributed by atoms with van der Waals surface area (Å²) < 4.78 is 7.46. The third-order valence-electron chi connectivity index (χ3n) is 2.75. The molecule has 1 aliphatic heterocycles. The van der Waals surface area contributed by atoms with Crippen molar-refractivity contribution in [1.82, 2.24) is 20.1 Å². The smallest absolute Gasteiger partial charge is 0.146 e. The van der Waals surface area contributed by atoms with E-state index < -0.39 is 0 Å². The summed E-state index contributed by atoms with van der Waals surface area (Å²) in [7, 11) is 0.